The number of unbranched alkanes of at least 4 members (excludes halogenated alkanes) is 9. The summed E-state index contributed by atoms with van der Waals surface area (Å²) in [5.41, 5.74) is 10.4. The van der Waals surface area contributed by atoms with Crippen molar-refractivity contribution < 1.29 is 24.6 Å². The summed E-state index contributed by atoms with van der Waals surface area (Å²) < 4.78 is 0. The highest BCUT2D eigenvalue weighted by atomic mass is 16.4. The molecule has 0 bridgehead atoms. The fourth-order valence-electron chi connectivity index (χ4n) is 2.99. The summed E-state index contributed by atoms with van der Waals surface area (Å²) in [5, 5.41) is 19.1. The molecule has 0 aromatic rings. The third-order valence-corrected chi connectivity index (χ3v) is 5.08. The minimum Gasteiger partial charge on any atom is -0.480 e. The van der Waals surface area contributed by atoms with Gasteiger partial charge in [0, 0.05) is 6.42 Å². The average Bonchev–Trinajstić information content (AvgIpc) is 2.80. The zero-order chi connectivity index (χ0) is 25.9. The van der Waals surface area contributed by atoms with Crippen LogP contribution in [0.3, 0.4) is 0 Å². The molecule has 0 radical (unpaired) electrons. The summed E-state index contributed by atoms with van der Waals surface area (Å²) in [6.07, 6.45) is 24.3. The van der Waals surface area contributed by atoms with Gasteiger partial charge in [0.25, 0.3) is 0 Å². The number of nitrogens with one attached hydrogen (secondary N) is 1. The second-order valence-corrected chi connectivity index (χ2v) is 8.38. The van der Waals surface area contributed by atoms with Gasteiger partial charge in [0.15, 0.2) is 0 Å². The largest absolute Gasteiger partial charge is 0.480 e. The van der Waals surface area contributed by atoms with Gasteiger partial charge in [-0.25, -0.2) is 0 Å². The molecule has 8 nitrogen and oxygen atoms in total. The van der Waals surface area contributed by atoms with Crippen LogP contribution in [0.2, 0.25) is 0 Å². The maximum atomic E-state index is 11.3. The first-order chi connectivity index (χ1) is 16.3. The molecule has 0 aromatic carbocycles. The summed E-state index contributed by atoms with van der Waals surface area (Å²) in [6, 6.07) is -0.716. The molecular weight excluding hydrogens is 434 g/mol. The number of allylic oxidation sites excluding steroid dienone is 4. The first-order valence-corrected chi connectivity index (χ1v) is 12.8. The molecule has 1 atom stereocenters. The molecule has 34 heavy (non-hydrogen) atoms. The molecule has 0 aliphatic carbocycles. The van der Waals surface area contributed by atoms with Crippen molar-refractivity contribution in [1.82, 2.24) is 5.32 Å². The number of carboxylic acids is 2. The quantitative estimate of drug-likeness (QED) is 0.119. The van der Waals surface area contributed by atoms with Crippen LogP contribution in [0.4, 0.5) is 0 Å². The predicted molar refractivity (Wildman–Crippen MR) is 139 cm³/mol. The first kappa shape index (κ1) is 34.0. The number of rotatable bonds is 21. The normalized spacial score (nSPS) is 11.9. The van der Waals surface area contributed by atoms with E-state index in [1.807, 2.05) is 0 Å². The molecule has 1 amide bonds. The maximum absolute atomic E-state index is 11.3. The highest BCUT2D eigenvalue weighted by Gasteiger charge is 2.09. The minimum atomic E-state index is -0.997. The SMILES string of the molecule is CCCCC/C=C\C/C=C\CCCCCCCC(=O)NCC(=O)O.NCCCC[C@H](N)C(=O)O. The molecule has 0 saturated carbocycles. The Morgan fingerprint density at radius 3 is 1.97 bits per heavy atom. The highest BCUT2D eigenvalue weighted by Crippen LogP contribution is 2.08. The molecule has 0 aliphatic rings. The van der Waals surface area contributed by atoms with Gasteiger partial charge in [0.05, 0.1) is 0 Å². The number of carbonyl (C=O) groups excluding carboxylic acids is 1. The van der Waals surface area contributed by atoms with Gasteiger partial charge in [-0.05, 0) is 57.9 Å². The van der Waals surface area contributed by atoms with Gasteiger partial charge in [-0.2, -0.15) is 0 Å². The zero-order valence-electron chi connectivity index (χ0n) is 21.2. The molecule has 0 heterocycles. The van der Waals surface area contributed by atoms with Crippen molar-refractivity contribution in [2.45, 2.75) is 109 Å². The predicted octanol–water partition coefficient (Wildman–Crippen LogP) is 4.53. The summed E-state index contributed by atoms with van der Waals surface area (Å²) in [7, 11) is 0. The molecule has 8 heteroatoms. The van der Waals surface area contributed by atoms with E-state index in [1.54, 1.807) is 0 Å². The lowest BCUT2D eigenvalue weighted by Gasteiger charge is -2.03. The lowest BCUT2D eigenvalue weighted by molar-refractivity contribution is -0.139. The van der Waals surface area contributed by atoms with E-state index in [9.17, 15) is 14.4 Å². The van der Waals surface area contributed by atoms with Gasteiger partial charge in [-0.1, -0.05) is 69.8 Å². The van der Waals surface area contributed by atoms with Crippen LogP contribution in [-0.4, -0.2) is 47.2 Å². The van der Waals surface area contributed by atoms with E-state index in [0.717, 1.165) is 44.9 Å². The fourth-order valence-corrected chi connectivity index (χ4v) is 2.99. The van der Waals surface area contributed by atoms with Gasteiger partial charge in [-0.3, -0.25) is 14.4 Å². The Bertz CT molecular complexity index is 565. The topological polar surface area (TPSA) is 156 Å². The van der Waals surface area contributed by atoms with Crippen LogP contribution >= 0.6 is 0 Å². The monoisotopic (exact) mass is 483 g/mol. The van der Waals surface area contributed by atoms with Crippen LogP contribution in [0.1, 0.15) is 103 Å². The molecule has 198 valence electrons. The number of hydrogen-bond donors (Lipinski definition) is 5. The zero-order valence-corrected chi connectivity index (χ0v) is 21.2. The molecule has 0 unspecified atom stereocenters. The van der Waals surface area contributed by atoms with Crippen LogP contribution < -0.4 is 16.8 Å². The Morgan fingerprint density at radius 2 is 1.41 bits per heavy atom. The second-order valence-electron chi connectivity index (χ2n) is 8.38. The van der Waals surface area contributed by atoms with E-state index >= 15 is 0 Å². The van der Waals surface area contributed by atoms with Crippen LogP contribution in [-0.2, 0) is 14.4 Å². The molecule has 0 saturated heterocycles. The first-order valence-electron chi connectivity index (χ1n) is 12.8. The smallest absolute Gasteiger partial charge is 0.322 e. The Hall–Kier alpha value is -2.19. The molecule has 0 rings (SSSR count). The third kappa shape index (κ3) is 29.8. The third-order valence-electron chi connectivity index (χ3n) is 5.08. The van der Waals surface area contributed by atoms with E-state index in [1.165, 1.54) is 38.5 Å². The Morgan fingerprint density at radius 1 is 0.824 bits per heavy atom. The molecule has 0 fully saturated rings. The van der Waals surface area contributed by atoms with Crippen LogP contribution in [0.25, 0.3) is 0 Å². The van der Waals surface area contributed by atoms with Crippen molar-refractivity contribution in [3.63, 3.8) is 0 Å². The maximum Gasteiger partial charge on any atom is 0.322 e. The van der Waals surface area contributed by atoms with Crippen LogP contribution in [0.15, 0.2) is 24.3 Å². The van der Waals surface area contributed by atoms with Crippen LogP contribution in [0.5, 0.6) is 0 Å². The van der Waals surface area contributed by atoms with Crippen molar-refractivity contribution in [2.24, 2.45) is 11.5 Å². The number of hydrogen-bond acceptors (Lipinski definition) is 5. The summed E-state index contributed by atoms with van der Waals surface area (Å²) in [4.78, 5) is 31.7. The standard InChI is InChI=1S/C20H35NO3.C6H14N2O2/c1-2-3-4-5-6-7-8-9-10-11-12-13-14-15-16-17-19(22)21-18-20(23)24;7-4-2-1-3-5(8)6(9)10/h6-7,9-10H,2-5,8,11-18H2,1H3,(H,21,22)(H,23,24);5H,1-4,7-8H2,(H,9,10)/b7-6-,10-9-;/t;5-/m.0/s1. The van der Waals surface area contributed by atoms with Crippen molar-refractivity contribution >= 4 is 17.8 Å². The summed E-state index contributed by atoms with van der Waals surface area (Å²) in [5.74, 6) is -2.09. The van der Waals surface area contributed by atoms with Gasteiger partial charge in [0.1, 0.15) is 12.6 Å². The van der Waals surface area contributed by atoms with Gasteiger partial charge in [0.2, 0.25) is 5.91 Å². The number of aliphatic carboxylic acids is 2. The number of carboxylic acid groups (broad SMARTS) is 2. The molecule has 0 aliphatic heterocycles. The number of amides is 1. The van der Waals surface area contributed by atoms with Crippen LogP contribution in [0, 0.1) is 0 Å². The fraction of sp³-hybridized carbons (Fsp3) is 0.731. The number of carbonyl (C=O) groups is 3. The lowest BCUT2D eigenvalue weighted by atomic mass is 10.1. The molecular formula is C26H49N3O5. The lowest BCUT2D eigenvalue weighted by Crippen LogP contribution is -2.29. The summed E-state index contributed by atoms with van der Waals surface area (Å²) in [6.45, 7) is 2.55. The van der Waals surface area contributed by atoms with E-state index in [2.05, 4.69) is 36.5 Å². The van der Waals surface area contributed by atoms with E-state index in [4.69, 9.17) is 21.7 Å². The minimum absolute atomic E-state index is 0.164. The van der Waals surface area contributed by atoms with Gasteiger partial charge < -0.3 is 27.0 Å². The van der Waals surface area contributed by atoms with Crippen molar-refractivity contribution in [1.29, 1.82) is 0 Å². The average molecular weight is 484 g/mol. The van der Waals surface area contributed by atoms with E-state index in [0.29, 0.717) is 19.4 Å². The summed E-state index contributed by atoms with van der Waals surface area (Å²) >= 11 is 0. The van der Waals surface area contributed by atoms with Crippen molar-refractivity contribution in [2.75, 3.05) is 13.1 Å². The van der Waals surface area contributed by atoms with E-state index in [-0.39, 0.29) is 12.5 Å². The Balaban J connectivity index is 0. The van der Waals surface area contributed by atoms with Gasteiger partial charge in [-0.15, -0.1) is 0 Å². The molecule has 0 spiro atoms. The highest BCUT2D eigenvalue weighted by molar-refractivity contribution is 5.80. The van der Waals surface area contributed by atoms with E-state index < -0.39 is 18.0 Å². The second kappa shape index (κ2) is 27.1. The number of nitrogens with two attached hydrogens (primary N) is 2. The Kier molecular flexibility index (Phi) is 27.0. The molecule has 0 aromatic heterocycles. The van der Waals surface area contributed by atoms with Crippen molar-refractivity contribution in [3.05, 3.63) is 24.3 Å². The molecule has 7 N–H and O–H groups in total. The van der Waals surface area contributed by atoms with Gasteiger partial charge >= 0.3 is 11.9 Å². The van der Waals surface area contributed by atoms with Crippen molar-refractivity contribution in [3.8, 4) is 0 Å². The Labute approximate surface area is 206 Å².